The maximum atomic E-state index is 8.12. The van der Waals surface area contributed by atoms with Crippen LogP contribution in [0.1, 0.15) is 40.8 Å². The van der Waals surface area contributed by atoms with E-state index in [-0.39, 0.29) is 6.15 Å². The fourth-order valence-corrected chi connectivity index (χ4v) is 4.78. The Morgan fingerprint density at radius 1 is 1.00 bits per heavy atom. The van der Waals surface area contributed by atoms with Crippen LogP contribution in [0.15, 0.2) is 54.6 Å². The van der Waals surface area contributed by atoms with Gasteiger partial charge in [0, 0.05) is 30.8 Å². The number of likely N-dealkylation sites (tertiary alicyclic amines) is 1. The van der Waals surface area contributed by atoms with Crippen LogP contribution in [0.4, 0.5) is 5.82 Å². The molecule has 2 heterocycles. The van der Waals surface area contributed by atoms with Crippen molar-refractivity contribution in [3.05, 3.63) is 82.5 Å². The number of fused-ring (bicyclic) bond motifs is 3. The van der Waals surface area contributed by atoms with Crippen molar-refractivity contribution < 1.29 is 9.59 Å². The minimum Gasteiger partial charge on any atom is -0.368 e. The highest BCUT2D eigenvalue weighted by atomic mass is 16.2. The second-order valence-electron chi connectivity index (χ2n) is 8.55. The SMILES string of the molecule is Cc1ccc2c(c1)Cc1cc(Cc3ccccc3)nc(NCCN3CCCC3)c1-2.O=C=O. The highest BCUT2D eigenvalue weighted by Gasteiger charge is 2.24. The number of pyridine rings is 1. The summed E-state index contributed by atoms with van der Waals surface area (Å²) in [5.41, 5.74) is 9.32. The van der Waals surface area contributed by atoms with Crippen molar-refractivity contribution in [2.45, 2.75) is 32.6 Å². The van der Waals surface area contributed by atoms with Gasteiger partial charge in [-0.25, -0.2) is 4.98 Å². The summed E-state index contributed by atoms with van der Waals surface area (Å²) < 4.78 is 0. The van der Waals surface area contributed by atoms with E-state index in [9.17, 15) is 0 Å². The summed E-state index contributed by atoms with van der Waals surface area (Å²) in [4.78, 5) is 23.9. The monoisotopic (exact) mass is 427 g/mol. The van der Waals surface area contributed by atoms with Crippen LogP contribution in [0.2, 0.25) is 0 Å². The zero-order chi connectivity index (χ0) is 22.3. The number of anilines is 1. The van der Waals surface area contributed by atoms with E-state index in [2.05, 4.69) is 71.7 Å². The zero-order valence-electron chi connectivity index (χ0n) is 18.6. The second-order valence-corrected chi connectivity index (χ2v) is 8.55. The van der Waals surface area contributed by atoms with Crippen LogP contribution in [0.3, 0.4) is 0 Å². The van der Waals surface area contributed by atoms with Crippen molar-refractivity contribution >= 4 is 12.0 Å². The van der Waals surface area contributed by atoms with Gasteiger partial charge in [-0.15, -0.1) is 0 Å². The van der Waals surface area contributed by atoms with Gasteiger partial charge in [0.1, 0.15) is 5.82 Å². The van der Waals surface area contributed by atoms with E-state index < -0.39 is 0 Å². The Bertz CT molecular complexity index is 1100. The van der Waals surface area contributed by atoms with E-state index in [4.69, 9.17) is 14.6 Å². The van der Waals surface area contributed by atoms with E-state index >= 15 is 0 Å². The Morgan fingerprint density at radius 3 is 2.50 bits per heavy atom. The Morgan fingerprint density at radius 2 is 1.75 bits per heavy atom. The summed E-state index contributed by atoms with van der Waals surface area (Å²) >= 11 is 0. The van der Waals surface area contributed by atoms with E-state index in [0.29, 0.717) is 0 Å². The number of benzene rings is 2. The number of nitrogens with one attached hydrogen (secondary N) is 1. The summed E-state index contributed by atoms with van der Waals surface area (Å²) in [6, 6.07) is 19.8. The highest BCUT2D eigenvalue weighted by molar-refractivity contribution is 5.85. The lowest BCUT2D eigenvalue weighted by molar-refractivity contribution is -0.191. The Labute approximate surface area is 189 Å². The molecule has 1 fully saturated rings. The molecule has 0 unspecified atom stereocenters. The first-order valence-corrected chi connectivity index (χ1v) is 11.3. The van der Waals surface area contributed by atoms with E-state index in [1.54, 1.807) is 0 Å². The molecule has 5 rings (SSSR count). The van der Waals surface area contributed by atoms with Crippen molar-refractivity contribution in [3.8, 4) is 11.1 Å². The van der Waals surface area contributed by atoms with Crippen molar-refractivity contribution in [1.29, 1.82) is 0 Å². The molecule has 1 aliphatic carbocycles. The maximum absolute atomic E-state index is 8.12. The summed E-state index contributed by atoms with van der Waals surface area (Å²) in [6.45, 7) is 6.71. The minimum atomic E-state index is 0.250. The highest BCUT2D eigenvalue weighted by Crippen LogP contribution is 2.41. The Hall–Kier alpha value is -3.27. The molecule has 0 radical (unpaired) electrons. The largest absolute Gasteiger partial charge is 0.373 e. The summed E-state index contributed by atoms with van der Waals surface area (Å²) in [5.74, 6) is 1.07. The molecule has 1 saturated heterocycles. The molecule has 0 amide bonds. The van der Waals surface area contributed by atoms with E-state index in [0.717, 1.165) is 37.4 Å². The lowest BCUT2D eigenvalue weighted by atomic mass is 10.0. The average molecular weight is 428 g/mol. The van der Waals surface area contributed by atoms with Crippen LogP contribution in [0, 0.1) is 6.92 Å². The standard InChI is InChI=1S/C26H29N3.CO2/c1-19-9-10-24-21(15-19)17-22-18-23(16-20-7-3-2-4-8-20)28-26(25(22)24)27-11-14-29-12-5-6-13-29;2-1-3/h2-4,7-10,15,18H,5-6,11-14,16-17H2,1H3,(H,27,28);. The quantitative estimate of drug-likeness (QED) is 0.492. The predicted octanol–water partition coefficient (Wildman–Crippen LogP) is 4.48. The van der Waals surface area contributed by atoms with Gasteiger partial charge in [0.2, 0.25) is 0 Å². The third kappa shape index (κ3) is 5.13. The van der Waals surface area contributed by atoms with Crippen molar-refractivity contribution in [1.82, 2.24) is 9.88 Å². The lowest BCUT2D eigenvalue weighted by Gasteiger charge is -2.17. The molecule has 0 saturated carbocycles. The van der Waals surface area contributed by atoms with Crippen molar-refractivity contribution in [2.75, 3.05) is 31.5 Å². The molecule has 1 N–H and O–H groups in total. The number of hydrogen-bond acceptors (Lipinski definition) is 5. The molecule has 1 aliphatic heterocycles. The van der Waals surface area contributed by atoms with E-state index in [1.165, 1.54) is 59.3 Å². The van der Waals surface area contributed by atoms with Gasteiger partial charge in [0.05, 0.1) is 0 Å². The zero-order valence-corrected chi connectivity index (χ0v) is 18.6. The third-order valence-electron chi connectivity index (χ3n) is 6.21. The van der Waals surface area contributed by atoms with Gasteiger partial charge < -0.3 is 10.2 Å². The minimum absolute atomic E-state index is 0.250. The summed E-state index contributed by atoms with van der Waals surface area (Å²) in [6.07, 6.45) is 4.82. The van der Waals surface area contributed by atoms with Gasteiger partial charge in [-0.1, -0.05) is 54.1 Å². The average Bonchev–Trinajstić information content (AvgIpc) is 3.42. The van der Waals surface area contributed by atoms with E-state index in [1.807, 2.05) is 0 Å². The van der Waals surface area contributed by atoms with Crippen LogP contribution < -0.4 is 5.32 Å². The van der Waals surface area contributed by atoms with Crippen molar-refractivity contribution in [3.63, 3.8) is 0 Å². The van der Waals surface area contributed by atoms with Crippen LogP contribution in [-0.4, -0.2) is 42.2 Å². The number of aromatic nitrogens is 1. The van der Waals surface area contributed by atoms with Gasteiger partial charge in [-0.2, -0.15) is 9.59 Å². The predicted molar refractivity (Wildman–Crippen MR) is 126 cm³/mol. The van der Waals surface area contributed by atoms with Gasteiger partial charge in [-0.3, -0.25) is 0 Å². The Kier molecular flexibility index (Phi) is 7.10. The molecular weight excluding hydrogens is 398 g/mol. The topological polar surface area (TPSA) is 62.3 Å². The molecule has 164 valence electrons. The molecule has 2 aromatic carbocycles. The van der Waals surface area contributed by atoms with Crippen LogP contribution in [0.25, 0.3) is 11.1 Å². The fourth-order valence-electron chi connectivity index (χ4n) is 4.78. The third-order valence-corrected chi connectivity index (χ3v) is 6.21. The molecule has 2 aliphatic rings. The summed E-state index contributed by atoms with van der Waals surface area (Å²) in [5, 5.41) is 3.70. The summed E-state index contributed by atoms with van der Waals surface area (Å²) in [7, 11) is 0. The molecule has 5 heteroatoms. The molecular formula is C27H29N3O2. The van der Waals surface area contributed by atoms with Gasteiger partial charge in [0.25, 0.3) is 0 Å². The van der Waals surface area contributed by atoms with Crippen LogP contribution in [-0.2, 0) is 22.4 Å². The molecule has 1 aromatic heterocycles. The number of rotatable bonds is 6. The first kappa shape index (κ1) is 21.9. The molecule has 0 spiro atoms. The lowest BCUT2D eigenvalue weighted by Crippen LogP contribution is -2.26. The molecule has 32 heavy (non-hydrogen) atoms. The molecule has 3 aromatic rings. The number of hydrogen-bond donors (Lipinski definition) is 1. The first-order valence-electron chi connectivity index (χ1n) is 11.3. The van der Waals surface area contributed by atoms with Gasteiger partial charge in [0.15, 0.2) is 0 Å². The van der Waals surface area contributed by atoms with Gasteiger partial charge >= 0.3 is 6.15 Å². The molecule has 5 nitrogen and oxygen atoms in total. The van der Waals surface area contributed by atoms with Gasteiger partial charge in [-0.05, 0) is 67.6 Å². The van der Waals surface area contributed by atoms with Crippen LogP contribution in [0.5, 0.6) is 0 Å². The Balaban J connectivity index is 0.000000775. The maximum Gasteiger partial charge on any atom is 0.373 e. The normalized spacial score (nSPS) is 14.2. The molecule has 0 atom stereocenters. The van der Waals surface area contributed by atoms with Crippen LogP contribution >= 0.6 is 0 Å². The first-order chi connectivity index (χ1) is 15.7. The second kappa shape index (κ2) is 10.4. The fraction of sp³-hybridized carbons (Fsp3) is 0.333. The smallest absolute Gasteiger partial charge is 0.368 e. The number of carbonyl (C=O) groups excluding carboxylic acids is 2. The number of nitrogens with zero attached hydrogens (tertiary/aromatic N) is 2. The number of aryl methyl sites for hydroxylation is 1. The molecule has 0 bridgehead atoms. The van der Waals surface area contributed by atoms with Crippen molar-refractivity contribution in [2.24, 2.45) is 0 Å².